The van der Waals surface area contributed by atoms with Crippen LogP contribution in [0.15, 0.2) is 30.5 Å². The van der Waals surface area contributed by atoms with Crippen LogP contribution in [0.5, 0.6) is 0 Å². The first-order valence-electron chi connectivity index (χ1n) is 9.53. The molecule has 1 N–H and O–H groups in total. The Labute approximate surface area is 178 Å². The minimum atomic E-state index is -3.32. The van der Waals surface area contributed by atoms with E-state index < -0.39 is 15.9 Å². The number of carbonyl (C=O) groups is 1. The van der Waals surface area contributed by atoms with Crippen molar-refractivity contribution in [1.82, 2.24) is 19.7 Å². The first kappa shape index (κ1) is 21.0. The summed E-state index contributed by atoms with van der Waals surface area (Å²) < 4.78 is 35.1. The van der Waals surface area contributed by atoms with E-state index in [1.807, 2.05) is 17.0 Å². The third-order valence-corrected chi connectivity index (χ3v) is 5.44. The summed E-state index contributed by atoms with van der Waals surface area (Å²) in [7, 11) is -2.02. The zero-order chi connectivity index (χ0) is 22.0. The Balaban J connectivity index is 1.80. The van der Waals surface area contributed by atoms with Gasteiger partial charge in [0.25, 0.3) is 0 Å². The predicted molar refractivity (Wildman–Crippen MR) is 115 cm³/mol. The monoisotopic (exact) mass is 446 g/mol. The molecule has 0 saturated carbocycles. The van der Waals surface area contributed by atoms with Crippen molar-refractivity contribution in [1.29, 1.82) is 0 Å². The lowest BCUT2D eigenvalue weighted by Gasteiger charge is -2.27. The van der Waals surface area contributed by atoms with Gasteiger partial charge in [-0.15, -0.1) is 0 Å². The van der Waals surface area contributed by atoms with Gasteiger partial charge in [-0.2, -0.15) is 10.1 Å². The standard InChI is InChI=1S/C19H22N6O5S/c1-29-19(26)21-14-5-3-13(4-6-14)16-15-11-20-25(12-31(2,27)28)17(15)23-18(22-16)24-7-9-30-10-8-24/h3-6,11H,7-10,12H2,1-2H3,(H,21,26). The molecule has 1 aliphatic rings. The van der Waals surface area contributed by atoms with Gasteiger partial charge in [-0.1, -0.05) is 12.1 Å². The number of rotatable bonds is 5. The number of morpholine rings is 1. The molecule has 1 amide bonds. The number of fused-ring (bicyclic) bond motifs is 1. The highest BCUT2D eigenvalue weighted by atomic mass is 32.2. The molecule has 12 heteroatoms. The Bertz CT molecular complexity index is 1200. The van der Waals surface area contributed by atoms with E-state index in [2.05, 4.69) is 20.1 Å². The molecule has 11 nitrogen and oxygen atoms in total. The minimum absolute atomic E-state index is 0.280. The van der Waals surface area contributed by atoms with Crippen molar-refractivity contribution < 1.29 is 22.7 Å². The van der Waals surface area contributed by atoms with E-state index in [1.165, 1.54) is 11.8 Å². The average Bonchev–Trinajstić information content (AvgIpc) is 3.15. The molecule has 3 heterocycles. The molecule has 3 aromatic rings. The van der Waals surface area contributed by atoms with Gasteiger partial charge in [-0.05, 0) is 12.1 Å². The van der Waals surface area contributed by atoms with Crippen LogP contribution < -0.4 is 10.2 Å². The van der Waals surface area contributed by atoms with E-state index in [0.29, 0.717) is 54.7 Å². The SMILES string of the molecule is COC(=O)Nc1ccc(-c2nc(N3CCOCC3)nc3c2cnn3CS(C)(=O)=O)cc1. The Kier molecular flexibility index (Phi) is 5.74. The van der Waals surface area contributed by atoms with E-state index in [0.717, 1.165) is 11.8 Å². The highest BCUT2D eigenvalue weighted by Gasteiger charge is 2.21. The average molecular weight is 446 g/mol. The van der Waals surface area contributed by atoms with E-state index in [-0.39, 0.29) is 5.88 Å². The van der Waals surface area contributed by atoms with Crippen LogP contribution in [-0.4, -0.2) is 73.9 Å². The van der Waals surface area contributed by atoms with Gasteiger partial charge >= 0.3 is 6.09 Å². The Morgan fingerprint density at radius 1 is 1.19 bits per heavy atom. The number of hydrogen-bond acceptors (Lipinski definition) is 9. The minimum Gasteiger partial charge on any atom is -0.453 e. The summed E-state index contributed by atoms with van der Waals surface area (Å²) in [6, 6.07) is 7.08. The van der Waals surface area contributed by atoms with Crippen molar-refractivity contribution in [3.63, 3.8) is 0 Å². The van der Waals surface area contributed by atoms with E-state index in [1.54, 1.807) is 18.3 Å². The number of ether oxygens (including phenoxy) is 2. The van der Waals surface area contributed by atoms with Crippen LogP contribution in [0.3, 0.4) is 0 Å². The molecule has 4 rings (SSSR count). The molecule has 1 aromatic carbocycles. The number of aromatic nitrogens is 4. The molecule has 1 fully saturated rings. The van der Waals surface area contributed by atoms with Crippen LogP contribution in [0, 0.1) is 0 Å². The number of carbonyl (C=O) groups excluding carboxylic acids is 1. The van der Waals surface area contributed by atoms with Crippen molar-refractivity contribution in [3.8, 4) is 11.3 Å². The van der Waals surface area contributed by atoms with Crippen molar-refractivity contribution in [2.45, 2.75) is 5.88 Å². The van der Waals surface area contributed by atoms with Gasteiger partial charge in [0.2, 0.25) is 5.95 Å². The molecule has 0 radical (unpaired) electrons. The largest absolute Gasteiger partial charge is 0.453 e. The summed E-state index contributed by atoms with van der Waals surface area (Å²) in [6.07, 6.45) is 2.16. The number of anilines is 2. The van der Waals surface area contributed by atoms with E-state index >= 15 is 0 Å². The summed E-state index contributed by atoms with van der Waals surface area (Å²) >= 11 is 0. The van der Waals surface area contributed by atoms with Crippen LogP contribution in [0.2, 0.25) is 0 Å². The molecule has 0 unspecified atom stereocenters. The van der Waals surface area contributed by atoms with Crippen LogP contribution in [0.25, 0.3) is 22.3 Å². The molecule has 0 aliphatic carbocycles. The highest BCUT2D eigenvalue weighted by molar-refractivity contribution is 7.89. The lowest BCUT2D eigenvalue weighted by atomic mass is 10.1. The van der Waals surface area contributed by atoms with Crippen LogP contribution >= 0.6 is 0 Å². The molecule has 31 heavy (non-hydrogen) atoms. The van der Waals surface area contributed by atoms with Crippen LogP contribution in [0.1, 0.15) is 0 Å². The third kappa shape index (κ3) is 4.75. The second-order valence-corrected chi connectivity index (χ2v) is 9.21. The number of methoxy groups -OCH3 is 1. The summed E-state index contributed by atoms with van der Waals surface area (Å²) in [6.45, 7) is 2.39. The van der Waals surface area contributed by atoms with Crippen molar-refractivity contribution in [3.05, 3.63) is 30.5 Å². The molecule has 1 saturated heterocycles. The van der Waals surface area contributed by atoms with E-state index in [4.69, 9.17) is 9.72 Å². The molecular weight excluding hydrogens is 424 g/mol. The Morgan fingerprint density at radius 3 is 2.55 bits per heavy atom. The van der Waals surface area contributed by atoms with Gasteiger partial charge < -0.3 is 14.4 Å². The second kappa shape index (κ2) is 8.47. The molecule has 0 spiro atoms. The van der Waals surface area contributed by atoms with Crippen molar-refractivity contribution >= 4 is 38.6 Å². The fourth-order valence-corrected chi connectivity index (χ4v) is 3.90. The number of sulfone groups is 1. The van der Waals surface area contributed by atoms with Gasteiger partial charge in [-0.3, -0.25) is 5.32 Å². The maximum atomic E-state index is 11.9. The topological polar surface area (TPSA) is 129 Å². The van der Waals surface area contributed by atoms with Crippen molar-refractivity contribution in [2.24, 2.45) is 0 Å². The van der Waals surface area contributed by atoms with Gasteiger partial charge in [0.15, 0.2) is 15.5 Å². The van der Waals surface area contributed by atoms with Crippen LogP contribution in [-0.2, 0) is 25.2 Å². The molecular formula is C19H22N6O5S. The fraction of sp³-hybridized carbons (Fsp3) is 0.368. The normalized spacial score (nSPS) is 14.6. The molecule has 2 aromatic heterocycles. The first-order valence-corrected chi connectivity index (χ1v) is 11.6. The number of nitrogens with zero attached hydrogens (tertiary/aromatic N) is 5. The maximum absolute atomic E-state index is 11.9. The van der Waals surface area contributed by atoms with Gasteiger partial charge in [0.1, 0.15) is 5.88 Å². The van der Waals surface area contributed by atoms with E-state index in [9.17, 15) is 13.2 Å². The predicted octanol–water partition coefficient (Wildman–Crippen LogP) is 1.51. The van der Waals surface area contributed by atoms with Gasteiger partial charge in [-0.25, -0.2) is 22.9 Å². The third-order valence-electron chi connectivity index (χ3n) is 4.73. The molecule has 0 bridgehead atoms. The molecule has 1 aliphatic heterocycles. The van der Waals surface area contributed by atoms with Gasteiger partial charge in [0.05, 0.1) is 37.6 Å². The lowest BCUT2D eigenvalue weighted by Crippen LogP contribution is -2.37. The lowest BCUT2D eigenvalue weighted by molar-refractivity contribution is 0.122. The molecule has 164 valence electrons. The number of amides is 1. The summed E-state index contributed by atoms with van der Waals surface area (Å²) in [4.78, 5) is 22.8. The Morgan fingerprint density at radius 2 is 1.90 bits per heavy atom. The first-order chi connectivity index (χ1) is 14.8. The summed E-state index contributed by atoms with van der Waals surface area (Å²) in [5.74, 6) is 0.204. The highest BCUT2D eigenvalue weighted by Crippen LogP contribution is 2.29. The zero-order valence-electron chi connectivity index (χ0n) is 17.1. The number of benzene rings is 1. The fourth-order valence-electron chi connectivity index (χ4n) is 3.27. The quantitative estimate of drug-likeness (QED) is 0.620. The number of hydrogen-bond donors (Lipinski definition) is 1. The van der Waals surface area contributed by atoms with Crippen LogP contribution in [0.4, 0.5) is 16.4 Å². The van der Waals surface area contributed by atoms with Gasteiger partial charge in [0, 0.05) is 30.6 Å². The number of nitrogens with one attached hydrogen (secondary N) is 1. The maximum Gasteiger partial charge on any atom is 0.411 e. The summed E-state index contributed by atoms with van der Waals surface area (Å²) in [5.41, 5.74) is 2.41. The zero-order valence-corrected chi connectivity index (χ0v) is 17.9. The second-order valence-electron chi connectivity index (χ2n) is 7.10. The Hall–Kier alpha value is -3.25. The van der Waals surface area contributed by atoms with Crippen molar-refractivity contribution in [2.75, 3.05) is 49.9 Å². The smallest absolute Gasteiger partial charge is 0.411 e. The summed E-state index contributed by atoms with van der Waals surface area (Å²) in [5, 5.41) is 7.47. The molecule has 0 atom stereocenters.